The molecule has 2 aliphatic rings. The third-order valence-electron chi connectivity index (χ3n) is 8.21. The average molecular weight is 650 g/mol. The van der Waals surface area contributed by atoms with Gasteiger partial charge in [0.1, 0.15) is 18.0 Å². The third kappa shape index (κ3) is 5.65. The molecule has 1 atom stereocenters. The maximum absolute atomic E-state index is 15.1. The van der Waals surface area contributed by atoms with Gasteiger partial charge in [-0.05, 0) is 60.3 Å². The lowest BCUT2D eigenvalue weighted by molar-refractivity contribution is -0.127. The van der Waals surface area contributed by atoms with E-state index < -0.39 is 11.8 Å². The first-order valence-corrected chi connectivity index (χ1v) is 15.1. The van der Waals surface area contributed by atoms with Crippen LogP contribution in [0.25, 0.3) is 27.6 Å². The Morgan fingerprint density at radius 3 is 2.76 bits per heavy atom. The molecule has 1 amide bonds. The highest BCUT2D eigenvalue weighted by Crippen LogP contribution is 2.36. The molecule has 2 aromatic heterocycles. The summed E-state index contributed by atoms with van der Waals surface area (Å²) in [4.78, 5) is 31.5. The quantitative estimate of drug-likeness (QED) is 0.181. The molecule has 0 unspecified atom stereocenters. The van der Waals surface area contributed by atoms with E-state index in [1.807, 2.05) is 4.57 Å². The van der Waals surface area contributed by atoms with E-state index in [4.69, 9.17) is 42.1 Å². The Hall–Kier alpha value is -4.38. The maximum Gasteiger partial charge on any atom is 0.335 e. The van der Waals surface area contributed by atoms with Crippen LogP contribution in [-0.4, -0.2) is 50.7 Å². The molecule has 5 aromatic rings. The summed E-state index contributed by atoms with van der Waals surface area (Å²) in [7, 11) is 0. The molecule has 1 fully saturated rings. The Bertz CT molecular complexity index is 2010. The third-order valence-corrected chi connectivity index (χ3v) is 8.73. The number of benzene rings is 3. The van der Waals surface area contributed by atoms with Crippen LogP contribution in [-0.2, 0) is 29.2 Å². The number of carboxylic acids is 1. The number of ether oxygens (including phenoxy) is 2. The van der Waals surface area contributed by atoms with Crippen molar-refractivity contribution < 1.29 is 33.0 Å². The van der Waals surface area contributed by atoms with Crippen molar-refractivity contribution in [1.29, 1.82) is 0 Å². The predicted octanol–water partition coefficient (Wildman–Crippen LogP) is 7.11. The molecule has 9 nitrogen and oxygen atoms in total. The second-order valence-electron chi connectivity index (χ2n) is 11.0. The number of amides is 1. The Labute approximate surface area is 266 Å². The first-order chi connectivity index (χ1) is 21.7. The number of nitrogens with zero attached hydrogens (tertiary/aromatic N) is 3. The van der Waals surface area contributed by atoms with Crippen LogP contribution in [0.1, 0.15) is 40.2 Å². The lowest BCUT2D eigenvalue weighted by atomic mass is 9.98. The van der Waals surface area contributed by atoms with Gasteiger partial charge in [-0.15, -0.1) is 0 Å². The second-order valence-corrected chi connectivity index (χ2v) is 11.8. The van der Waals surface area contributed by atoms with E-state index in [0.717, 1.165) is 6.42 Å². The number of carbonyl (C=O) groups excluding carboxylic acids is 1. The number of fused-ring (bicyclic) bond motifs is 2. The van der Waals surface area contributed by atoms with Crippen LogP contribution in [0.2, 0.25) is 10.2 Å². The van der Waals surface area contributed by atoms with Crippen LogP contribution in [0.5, 0.6) is 5.75 Å². The minimum absolute atomic E-state index is 0.00155. The standard InChI is InChI=1S/C33H26Cl2FN3O6/c34-24-6-4-20(31-23(24)14-28(35)45-31)17-44-32-22(2-1-3-25(32)36)18-8-10-38(30(40)13-18)16-29-37-26-7-5-19(33(41)42)12-27(26)39(29)15-21-9-11-43-21/h1-7,12-14,21H,8-11,15-17H2,(H,41,42)/t21-/m0/s1. The zero-order valence-corrected chi connectivity index (χ0v) is 25.3. The largest absolute Gasteiger partial charge is 0.485 e. The molecule has 4 heterocycles. The normalized spacial score (nSPS) is 16.7. The number of hydrogen-bond donors (Lipinski definition) is 1. The number of halogens is 3. The summed E-state index contributed by atoms with van der Waals surface area (Å²) in [5.41, 5.74) is 3.72. The fourth-order valence-electron chi connectivity index (χ4n) is 5.77. The molecule has 3 aromatic carbocycles. The van der Waals surface area contributed by atoms with E-state index in [1.54, 1.807) is 47.4 Å². The summed E-state index contributed by atoms with van der Waals surface area (Å²) in [5.74, 6) is -1.17. The van der Waals surface area contributed by atoms with E-state index in [1.165, 1.54) is 18.2 Å². The van der Waals surface area contributed by atoms with Crippen molar-refractivity contribution in [2.75, 3.05) is 13.2 Å². The fraction of sp³-hybridized carbons (Fsp3) is 0.242. The van der Waals surface area contributed by atoms with Crippen molar-refractivity contribution in [3.8, 4) is 5.75 Å². The predicted molar refractivity (Wildman–Crippen MR) is 166 cm³/mol. The lowest BCUT2D eigenvalue weighted by Crippen LogP contribution is -2.36. The molecule has 0 bridgehead atoms. The van der Waals surface area contributed by atoms with Crippen molar-refractivity contribution in [2.45, 2.75) is 38.6 Å². The Balaban J connectivity index is 1.13. The molecule has 1 N–H and O–H groups in total. The van der Waals surface area contributed by atoms with Crippen molar-refractivity contribution in [3.63, 3.8) is 0 Å². The summed E-state index contributed by atoms with van der Waals surface area (Å²) >= 11 is 12.3. The number of para-hydroxylation sites is 1. The van der Waals surface area contributed by atoms with Gasteiger partial charge in [0.25, 0.3) is 0 Å². The summed E-state index contributed by atoms with van der Waals surface area (Å²) in [6, 6.07) is 14.5. The molecule has 230 valence electrons. The number of aromatic nitrogens is 2. The molecule has 12 heteroatoms. The van der Waals surface area contributed by atoms with Crippen LogP contribution < -0.4 is 4.74 Å². The fourth-order valence-corrected chi connectivity index (χ4v) is 6.16. The van der Waals surface area contributed by atoms with Crippen LogP contribution in [0, 0.1) is 5.82 Å². The van der Waals surface area contributed by atoms with Crippen molar-refractivity contribution in [2.24, 2.45) is 0 Å². The zero-order chi connectivity index (χ0) is 31.2. The minimum atomic E-state index is -1.03. The summed E-state index contributed by atoms with van der Waals surface area (Å²) < 4.78 is 34.3. The molecule has 0 spiro atoms. The Morgan fingerprint density at radius 1 is 1.16 bits per heavy atom. The summed E-state index contributed by atoms with van der Waals surface area (Å²) in [6.07, 6.45) is 2.85. The average Bonchev–Trinajstić information content (AvgIpc) is 3.56. The smallest absolute Gasteiger partial charge is 0.335 e. The number of carboxylic acid groups (broad SMARTS) is 1. The van der Waals surface area contributed by atoms with Crippen LogP contribution >= 0.6 is 23.2 Å². The zero-order valence-electron chi connectivity index (χ0n) is 23.8. The van der Waals surface area contributed by atoms with Crippen molar-refractivity contribution in [3.05, 3.63) is 99.2 Å². The van der Waals surface area contributed by atoms with E-state index >= 15 is 4.39 Å². The van der Waals surface area contributed by atoms with Gasteiger partial charge in [0.15, 0.2) is 16.8 Å². The highest BCUT2D eigenvalue weighted by atomic mass is 35.5. The number of hydrogen-bond acceptors (Lipinski definition) is 6. The van der Waals surface area contributed by atoms with Crippen LogP contribution in [0.4, 0.5) is 4.39 Å². The van der Waals surface area contributed by atoms with Crippen LogP contribution in [0.15, 0.2) is 65.1 Å². The highest BCUT2D eigenvalue weighted by Gasteiger charge is 2.27. The van der Waals surface area contributed by atoms with Crippen molar-refractivity contribution >= 4 is 62.7 Å². The molecular weight excluding hydrogens is 624 g/mol. The molecule has 0 radical (unpaired) electrons. The van der Waals surface area contributed by atoms with Crippen LogP contribution in [0.3, 0.4) is 0 Å². The molecule has 0 saturated carbocycles. The topological polar surface area (TPSA) is 107 Å². The van der Waals surface area contributed by atoms with Gasteiger partial charge in [0.05, 0.1) is 40.8 Å². The van der Waals surface area contributed by atoms with Gasteiger partial charge in [0, 0.05) is 41.8 Å². The number of rotatable bonds is 9. The lowest BCUT2D eigenvalue weighted by Gasteiger charge is -2.29. The van der Waals surface area contributed by atoms with Gasteiger partial charge in [-0.3, -0.25) is 4.79 Å². The van der Waals surface area contributed by atoms with E-state index in [-0.39, 0.29) is 41.7 Å². The highest BCUT2D eigenvalue weighted by molar-refractivity contribution is 6.36. The van der Waals surface area contributed by atoms with Gasteiger partial charge in [0.2, 0.25) is 5.91 Å². The molecule has 7 rings (SSSR count). The van der Waals surface area contributed by atoms with Gasteiger partial charge in [-0.2, -0.15) is 0 Å². The van der Waals surface area contributed by atoms with Gasteiger partial charge in [-0.25, -0.2) is 14.2 Å². The number of imidazole rings is 1. The Kier molecular flexibility index (Phi) is 7.72. The SMILES string of the molecule is O=C(O)c1ccc2nc(CN3CCC(c4cccc(F)c4OCc4ccc(Cl)c5cc(Cl)oc45)=CC3=O)n(C[C@@H]3CCO3)c2c1. The monoisotopic (exact) mass is 649 g/mol. The van der Waals surface area contributed by atoms with E-state index in [0.29, 0.717) is 75.7 Å². The van der Waals surface area contributed by atoms with Gasteiger partial charge in [-0.1, -0.05) is 29.8 Å². The molecule has 0 aliphatic carbocycles. The summed E-state index contributed by atoms with van der Waals surface area (Å²) in [5, 5.41) is 10.8. The molecular formula is C33H26Cl2FN3O6. The first kappa shape index (κ1) is 29.3. The molecule has 45 heavy (non-hydrogen) atoms. The van der Waals surface area contributed by atoms with E-state index in [2.05, 4.69) is 0 Å². The first-order valence-electron chi connectivity index (χ1n) is 14.4. The molecule has 1 saturated heterocycles. The van der Waals surface area contributed by atoms with Crippen molar-refractivity contribution in [1.82, 2.24) is 14.5 Å². The number of aromatic carboxylic acids is 1. The van der Waals surface area contributed by atoms with Gasteiger partial charge < -0.3 is 28.5 Å². The second kappa shape index (κ2) is 11.8. The number of carbonyl (C=O) groups is 2. The number of furan rings is 1. The van der Waals surface area contributed by atoms with Gasteiger partial charge >= 0.3 is 5.97 Å². The summed E-state index contributed by atoms with van der Waals surface area (Å²) in [6.45, 7) is 1.76. The Morgan fingerprint density at radius 2 is 2.00 bits per heavy atom. The molecule has 2 aliphatic heterocycles. The maximum atomic E-state index is 15.1. The minimum Gasteiger partial charge on any atom is -0.485 e. The van der Waals surface area contributed by atoms with E-state index in [9.17, 15) is 14.7 Å².